The quantitative estimate of drug-likeness (QED) is 0.777. The molecule has 1 aromatic carbocycles. The second-order valence-corrected chi connectivity index (χ2v) is 3.86. The highest BCUT2D eigenvalue weighted by atomic mass is 16.5. The van der Waals surface area contributed by atoms with Crippen molar-refractivity contribution in [3.05, 3.63) is 29.8 Å². The first-order valence-electron chi connectivity index (χ1n) is 6.35. The topological polar surface area (TPSA) is 32.7 Å². The zero-order chi connectivity index (χ0) is 13.2. The molecule has 3 nitrogen and oxygen atoms in total. The van der Waals surface area contributed by atoms with Crippen LogP contribution < -0.4 is 4.74 Å². The van der Waals surface area contributed by atoms with Gasteiger partial charge in [0, 0.05) is 12.1 Å². The monoisotopic (exact) mass is 247 g/mol. The summed E-state index contributed by atoms with van der Waals surface area (Å²) >= 11 is 0. The van der Waals surface area contributed by atoms with Gasteiger partial charge in [0.1, 0.15) is 19.0 Å². The summed E-state index contributed by atoms with van der Waals surface area (Å²) in [5.41, 5.74) is 0.865. The van der Waals surface area contributed by atoms with E-state index in [4.69, 9.17) is 9.84 Å². The summed E-state index contributed by atoms with van der Waals surface area (Å²) in [4.78, 5) is 2.31. The number of likely N-dealkylation sites (N-methyl/N-ethyl adjacent to an activating group) is 1. The van der Waals surface area contributed by atoms with Gasteiger partial charge in [-0.1, -0.05) is 31.8 Å². The standard InChI is InChI=1S/C15H21NO2/c1-3-16(4-2)10-12-18-15-9-5-7-14(13-15)8-6-11-17/h5,7,9,13,17H,3-4,10-12H2,1-2H3. The number of hydrogen-bond donors (Lipinski definition) is 1. The van der Waals surface area contributed by atoms with E-state index in [1.165, 1.54) is 0 Å². The third-order valence-electron chi connectivity index (χ3n) is 2.72. The molecular formula is C15H21NO2. The van der Waals surface area contributed by atoms with Crippen LogP contribution in [0.5, 0.6) is 5.75 Å². The SMILES string of the molecule is CCN(CC)CCOc1cccc(C#CCO)c1. The molecular weight excluding hydrogens is 226 g/mol. The Hall–Kier alpha value is -1.50. The first-order valence-corrected chi connectivity index (χ1v) is 6.35. The van der Waals surface area contributed by atoms with Crippen LogP contribution in [0.3, 0.4) is 0 Å². The molecule has 1 rings (SSSR count). The van der Waals surface area contributed by atoms with Gasteiger partial charge in [-0.25, -0.2) is 0 Å². The minimum atomic E-state index is -0.118. The van der Waals surface area contributed by atoms with Gasteiger partial charge >= 0.3 is 0 Å². The van der Waals surface area contributed by atoms with Gasteiger partial charge in [0.05, 0.1) is 0 Å². The fourth-order valence-corrected chi connectivity index (χ4v) is 1.64. The summed E-state index contributed by atoms with van der Waals surface area (Å²) in [5.74, 6) is 6.32. The molecule has 0 unspecified atom stereocenters. The van der Waals surface area contributed by atoms with E-state index in [9.17, 15) is 0 Å². The van der Waals surface area contributed by atoms with Crippen molar-refractivity contribution < 1.29 is 9.84 Å². The molecule has 0 aliphatic rings. The van der Waals surface area contributed by atoms with Crippen molar-refractivity contribution >= 4 is 0 Å². The fourth-order valence-electron chi connectivity index (χ4n) is 1.64. The number of rotatable bonds is 6. The molecule has 0 saturated carbocycles. The Labute approximate surface area is 109 Å². The third kappa shape index (κ3) is 5.22. The number of nitrogens with zero attached hydrogens (tertiary/aromatic N) is 1. The molecule has 0 bridgehead atoms. The van der Waals surface area contributed by atoms with Gasteiger partial charge < -0.3 is 14.7 Å². The van der Waals surface area contributed by atoms with Crippen molar-refractivity contribution in [1.29, 1.82) is 0 Å². The molecule has 0 atom stereocenters. The molecule has 18 heavy (non-hydrogen) atoms. The molecule has 0 spiro atoms. The molecule has 3 heteroatoms. The molecule has 0 aliphatic carbocycles. The number of benzene rings is 1. The maximum absolute atomic E-state index is 8.64. The van der Waals surface area contributed by atoms with E-state index in [-0.39, 0.29) is 6.61 Å². The Morgan fingerprint density at radius 1 is 1.28 bits per heavy atom. The van der Waals surface area contributed by atoms with Crippen LogP contribution in [0.2, 0.25) is 0 Å². The van der Waals surface area contributed by atoms with Crippen LogP contribution in [0.1, 0.15) is 19.4 Å². The van der Waals surface area contributed by atoms with E-state index in [2.05, 4.69) is 30.6 Å². The summed E-state index contributed by atoms with van der Waals surface area (Å²) < 4.78 is 5.69. The molecule has 0 saturated heterocycles. The Kier molecular flexibility index (Phi) is 6.93. The first-order chi connectivity index (χ1) is 8.80. The molecule has 0 fully saturated rings. The average molecular weight is 247 g/mol. The van der Waals surface area contributed by atoms with Gasteiger partial charge in [-0.3, -0.25) is 0 Å². The van der Waals surface area contributed by atoms with Crippen molar-refractivity contribution in [3.63, 3.8) is 0 Å². The van der Waals surface area contributed by atoms with Crippen LogP contribution in [0.15, 0.2) is 24.3 Å². The van der Waals surface area contributed by atoms with Gasteiger partial charge in [-0.15, -0.1) is 0 Å². The van der Waals surface area contributed by atoms with E-state index < -0.39 is 0 Å². The minimum absolute atomic E-state index is 0.118. The predicted octanol–water partition coefficient (Wildman–Crippen LogP) is 1.75. The highest BCUT2D eigenvalue weighted by Crippen LogP contribution is 2.12. The van der Waals surface area contributed by atoms with E-state index >= 15 is 0 Å². The first kappa shape index (κ1) is 14.6. The minimum Gasteiger partial charge on any atom is -0.492 e. The summed E-state index contributed by atoms with van der Waals surface area (Å²) in [7, 11) is 0. The van der Waals surface area contributed by atoms with Crippen LogP contribution in [-0.4, -0.2) is 42.9 Å². The van der Waals surface area contributed by atoms with Gasteiger partial charge in [0.25, 0.3) is 0 Å². The molecule has 0 amide bonds. The van der Waals surface area contributed by atoms with Crippen LogP contribution >= 0.6 is 0 Å². The van der Waals surface area contributed by atoms with Gasteiger partial charge in [-0.2, -0.15) is 0 Å². The van der Waals surface area contributed by atoms with Crippen molar-refractivity contribution in [2.45, 2.75) is 13.8 Å². The summed E-state index contributed by atoms with van der Waals surface area (Å²) in [5, 5.41) is 8.64. The Morgan fingerprint density at radius 3 is 2.72 bits per heavy atom. The lowest BCUT2D eigenvalue weighted by Crippen LogP contribution is -2.27. The zero-order valence-electron chi connectivity index (χ0n) is 11.1. The highest BCUT2D eigenvalue weighted by molar-refractivity contribution is 5.39. The lowest BCUT2D eigenvalue weighted by atomic mass is 10.2. The average Bonchev–Trinajstić information content (AvgIpc) is 2.42. The van der Waals surface area contributed by atoms with Gasteiger partial charge in [0.2, 0.25) is 0 Å². The maximum Gasteiger partial charge on any atom is 0.120 e. The molecule has 1 aromatic rings. The van der Waals surface area contributed by atoms with Crippen molar-refractivity contribution in [3.8, 4) is 17.6 Å². The Morgan fingerprint density at radius 2 is 2.06 bits per heavy atom. The molecule has 0 aliphatic heterocycles. The van der Waals surface area contributed by atoms with E-state index in [1.807, 2.05) is 24.3 Å². The van der Waals surface area contributed by atoms with Crippen molar-refractivity contribution in [2.75, 3.05) is 32.8 Å². The van der Waals surface area contributed by atoms with E-state index in [1.54, 1.807) is 0 Å². The molecule has 0 radical (unpaired) electrons. The van der Waals surface area contributed by atoms with Crippen molar-refractivity contribution in [2.24, 2.45) is 0 Å². The second-order valence-electron chi connectivity index (χ2n) is 3.86. The number of ether oxygens (including phenoxy) is 1. The summed E-state index contributed by atoms with van der Waals surface area (Å²) in [6.07, 6.45) is 0. The summed E-state index contributed by atoms with van der Waals surface area (Å²) in [6, 6.07) is 7.63. The zero-order valence-corrected chi connectivity index (χ0v) is 11.1. The van der Waals surface area contributed by atoms with Crippen molar-refractivity contribution in [1.82, 2.24) is 4.90 Å². The number of hydrogen-bond acceptors (Lipinski definition) is 3. The lowest BCUT2D eigenvalue weighted by Gasteiger charge is -2.17. The van der Waals surface area contributed by atoms with Crippen LogP contribution in [0.4, 0.5) is 0 Å². The normalized spacial score (nSPS) is 10.0. The molecule has 1 N–H and O–H groups in total. The lowest BCUT2D eigenvalue weighted by molar-refractivity contribution is 0.223. The molecule has 0 heterocycles. The van der Waals surface area contributed by atoms with Crippen LogP contribution in [0, 0.1) is 11.8 Å². The van der Waals surface area contributed by atoms with Crippen LogP contribution in [-0.2, 0) is 0 Å². The third-order valence-corrected chi connectivity index (χ3v) is 2.72. The highest BCUT2D eigenvalue weighted by Gasteiger charge is 1.99. The van der Waals surface area contributed by atoms with Crippen LogP contribution in [0.25, 0.3) is 0 Å². The second kappa shape index (κ2) is 8.57. The maximum atomic E-state index is 8.64. The largest absolute Gasteiger partial charge is 0.492 e. The summed E-state index contributed by atoms with van der Waals surface area (Å²) in [6.45, 7) is 7.87. The fraction of sp³-hybridized carbons (Fsp3) is 0.467. The Bertz CT molecular complexity index is 402. The predicted molar refractivity (Wildman–Crippen MR) is 73.7 cm³/mol. The number of aliphatic hydroxyl groups excluding tert-OH is 1. The van der Waals surface area contributed by atoms with E-state index in [0.29, 0.717) is 6.61 Å². The molecule has 0 aromatic heterocycles. The Balaban J connectivity index is 2.47. The van der Waals surface area contributed by atoms with E-state index in [0.717, 1.165) is 30.9 Å². The van der Waals surface area contributed by atoms with Gasteiger partial charge in [-0.05, 0) is 31.3 Å². The van der Waals surface area contributed by atoms with Gasteiger partial charge in [0.15, 0.2) is 0 Å². The number of aliphatic hydroxyl groups is 1. The smallest absolute Gasteiger partial charge is 0.120 e. The molecule has 98 valence electrons.